The van der Waals surface area contributed by atoms with Crippen molar-refractivity contribution in [2.24, 2.45) is 0 Å². The Kier molecular flexibility index (Phi) is 6.22. The van der Waals surface area contributed by atoms with E-state index in [0.717, 1.165) is 0 Å². The summed E-state index contributed by atoms with van der Waals surface area (Å²) in [5.74, 6) is 0.0372. The number of nitrogens with zero attached hydrogens (tertiary/aromatic N) is 4. The molecule has 0 unspecified atom stereocenters. The summed E-state index contributed by atoms with van der Waals surface area (Å²) in [7, 11) is -2.14. The van der Waals surface area contributed by atoms with Gasteiger partial charge < -0.3 is 9.64 Å². The number of aryl methyl sites for hydroxylation is 1. The van der Waals surface area contributed by atoms with Gasteiger partial charge >= 0.3 is 0 Å². The van der Waals surface area contributed by atoms with Crippen molar-refractivity contribution in [2.75, 3.05) is 33.3 Å². The minimum Gasteiger partial charge on any atom is -0.497 e. The number of methoxy groups -OCH3 is 1. The first kappa shape index (κ1) is 22.9. The molecule has 2 aromatic carbocycles. The molecule has 33 heavy (non-hydrogen) atoms. The predicted molar refractivity (Wildman–Crippen MR) is 121 cm³/mol. The molecule has 1 amide bonds. The topological polar surface area (TPSA) is 84.7 Å². The molecule has 0 saturated carbocycles. The number of carbonyl (C=O) groups excluding carboxylic acids is 1. The highest BCUT2D eigenvalue weighted by atomic mass is 32.2. The monoisotopic (exact) mass is 472 g/mol. The Balaban J connectivity index is 1.49. The summed E-state index contributed by atoms with van der Waals surface area (Å²) >= 11 is 0. The summed E-state index contributed by atoms with van der Waals surface area (Å²) in [5, 5.41) is 4.46. The van der Waals surface area contributed by atoms with Crippen molar-refractivity contribution in [2.45, 2.75) is 18.7 Å². The quantitative estimate of drug-likeness (QED) is 0.570. The third-order valence-corrected chi connectivity index (χ3v) is 7.71. The minimum atomic E-state index is -3.66. The second-order valence-corrected chi connectivity index (χ2v) is 9.74. The van der Waals surface area contributed by atoms with Crippen LogP contribution in [0.4, 0.5) is 4.39 Å². The molecule has 8 nitrogen and oxygen atoms in total. The summed E-state index contributed by atoms with van der Waals surface area (Å²) < 4.78 is 47.3. The van der Waals surface area contributed by atoms with E-state index in [1.54, 1.807) is 47.7 Å². The normalized spacial score (nSPS) is 15.0. The maximum atomic E-state index is 13.3. The van der Waals surface area contributed by atoms with Crippen molar-refractivity contribution in [3.05, 3.63) is 71.3 Å². The molecular weight excluding hydrogens is 447 g/mol. The highest BCUT2D eigenvalue weighted by Gasteiger charge is 2.32. The number of amides is 1. The van der Waals surface area contributed by atoms with Crippen molar-refractivity contribution in [3.63, 3.8) is 0 Å². The molecule has 0 atom stereocenters. The van der Waals surface area contributed by atoms with Crippen LogP contribution in [0.5, 0.6) is 5.75 Å². The molecule has 4 rings (SSSR count). The van der Waals surface area contributed by atoms with Gasteiger partial charge in [0.15, 0.2) is 0 Å². The Hall–Kier alpha value is -3.24. The lowest BCUT2D eigenvalue weighted by Crippen LogP contribution is -2.50. The van der Waals surface area contributed by atoms with Crippen molar-refractivity contribution >= 4 is 15.9 Å². The Morgan fingerprint density at radius 3 is 2.15 bits per heavy atom. The summed E-state index contributed by atoms with van der Waals surface area (Å²) in [6, 6.07) is 12.1. The summed E-state index contributed by atoms with van der Waals surface area (Å²) in [5.41, 5.74) is 2.35. The molecule has 1 saturated heterocycles. The van der Waals surface area contributed by atoms with Crippen molar-refractivity contribution in [1.82, 2.24) is 19.0 Å². The van der Waals surface area contributed by atoms with Crippen LogP contribution < -0.4 is 4.74 Å². The molecule has 0 bridgehead atoms. The summed E-state index contributed by atoms with van der Waals surface area (Å²) in [6.07, 6.45) is 0. The zero-order valence-corrected chi connectivity index (χ0v) is 19.5. The van der Waals surface area contributed by atoms with E-state index in [1.165, 1.54) is 35.7 Å². The number of hydrogen-bond acceptors (Lipinski definition) is 5. The number of benzene rings is 2. The molecule has 0 aliphatic carbocycles. The number of halogens is 1. The maximum Gasteiger partial charge on any atom is 0.257 e. The average molecular weight is 473 g/mol. The standard InChI is InChI=1S/C23H25FN4O4S/c1-16-22(17(2)28(25-16)19-6-4-18(24)5-7-19)23(29)26-12-14-27(15-13-26)33(30,31)21-10-8-20(32-3)9-11-21/h4-11H,12-15H2,1-3H3. The smallest absolute Gasteiger partial charge is 0.257 e. The molecule has 1 aliphatic heterocycles. The zero-order valence-electron chi connectivity index (χ0n) is 18.7. The molecule has 3 aromatic rings. The third-order valence-electron chi connectivity index (χ3n) is 5.80. The second kappa shape index (κ2) is 8.95. The number of aromatic nitrogens is 2. The first-order valence-electron chi connectivity index (χ1n) is 10.5. The minimum absolute atomic E-state index is 0.190. The fourth-order valence-corrected chi connectivity index (χ4v) is 5.39. The predicted octanol–water partition coefficient (Wildman–Crippen LogP) is 2.78. The van der Waals surface area contributed by atoms with Crippen LogP contribution in [0.3, 0.4) is 0 Å². The molecule has 0 N–H and O–H groups in total. The Morgan fingerprint density at radius 1 is 0.970 bits per heavy atom. The Morgan fingerprint density at radius 2 is 1.58 bits per heavy atom. The number of carbonyl (C=O) groups is 1. The molecule has 0 spiro atoms. The lowest BCUT2D eigenvalue weighted by molar-refractivity contribution is 0.0696. The molecule has 1 aromatic heterocycles. The molecule has 2 heterocycles. The van der Waals surface area contributed by atoms with Gasteiger partial charge in [-0.1, -0.05) is 0 Å². The number of ether oxygens (including phenoxy) is 1. The van der Waals surface area contributed by atoms with Crippen LogP contribution in [0.1, 0.15) is 21.7 Å². The lowest BCUT2D eigenvalue weighted by atomic mass is 10.1. The van der Waals surface area contributed by atoms with Crippen LogP contribution in [-0.2, 0) is 10.0 Å². The van der Waals surface area contributed by atoms with Crippen LogP contribution in [0, 0.1) is 19.7 Å². The SMILES string of the molecule is COc1ccc(S(=O)(=O)N2CCN(C(=O)c3c(C)nn(-c4ccc(F)cc4)c3C)CC2)cc1. The average Bonchev–Trinajstić information content (AvgIpc) is 3.13. The Labute approximate surface area is 192 Å². The highest BCUT2D eigenvalue weighted by molar-refractivity contribution is 7.89. The fraction of sp³-hybridized carbons (Fsp3) is 0.304. The van der Waals surface area contributed by atoms with Gasteiger partial charge in [0.1, 0.15) is 11.6 Å². The number of hydrogen-bond donors (Lipinski definition) is 0. The number of sulfonamides is 1. The Bertz CT molecular complexity index is 1260. The van der Waals surface area contributed by atoms with Gasteiger partial charge in [-0.15, -0.1) is 0 Å². The third kappa shape index (κ3) is 4.36. The van der Waals surface area contributed by atoms with E-state index < -0.39 is 10.0 Å². The van der Waals surface area contributed by atoms with Gasteiger partial charge in [-0.05, 0) is 62.4 Å². The van der Waals surface area contributed by atoms with E-state index in [0.29, 0.717) is 28.4 Å². The first-order chi connectivity index (χ1) is 15.7. The molecule has 10 heteroatoms. The first-order valence-corrected chi connectivity index (χ1v) is 11.9. The summed E-state index contributed by atoms with van der Waals surface area (Å²) in [4.78, 5) is 15.1. The van der Waals surface area contributed by atoms with E-state index in [1.807, 2.05) is 0 Å². The van der Waals surface area contributed by atoms with Crippen LogP contribution >= 0.6 is 0 Å². The van der Waals surface area contributed by atoms with Gasteiger partial charge in [0.05, 0.1) is 34.6 Å². The largest absolute Gasteiger partial charge is 0.497 e. The van der Waals surface area contributed by atoms with Gasteiger partial charge in [-0.25, -0.2) is 17.5 Å². The zero-order chi connectivity index (χ0) is 23.8. The van der Waals surface area contributed by atoms with Gasteiger partial charge in [0, 0.05) is 26.2 Å². The molecular formula is C23H25FN4O4S. The van der Waals surface area contributed by atoms with Crippen LogP contribution in [0.25, 0.3) is 5.69 Å². The van der Waals surface area contributed by atoms with E-state index in [9.17, 15) is 17.6 Å². The second-order valence-electron chi connectivity index (χ2n) is 7.81. The molecule has 0 radical (unpaired) electrons. The number of piperazine rings is 1. The molecule has 1 fully saturated rings. The van der Waals surface area contributed by atoms with Crippen molar-refractivity contribution < 1.29 is 22.3 Å². The lowest BCUT2D eigenvalue weighted by Gasteiger charge is -2.34. The molecule has 1 aliphatic rings. The van der Waals surface area contributed by atoms with E-state index >= 15 is 0 Å². The van der Waals surface area contributed by atoms with E-state index in [4.69, 9.17) is 4.74 Å². The van der Waals surface area contributed by atoms with E-state index in [2.05, 4.69) is 5.10 Å². The van der Waals surface area contributed by atoms with Gasteiger partial charge in [0.25, 0.3) is 5.91 Å². The van der Waals surface area contributed by atoms with Crippen LogP contribution in [0.15, 0.2) is 53.4 Å². The van der Waals surface area contributed by atoms with E-state index in [-0.39, 0.29) is 42.8 Å². The van der Waals surface area contributed by atoms with Crippen LogP contribution in [0.2, 0.25) is 0 Å². The van der Waals surface area contributed by atoms with Crippen molar-refractivity contribution in [3.8, 4) is 11.4 Å². The van der Waals surface area contributed by atoms with Gasteiger partial charge in [0.2, 0.25) is 10.0 Å². The fourth-order valence-electron chi connectivity index (χ4n) is 3.97. The highest BCUT2D eigenvalue weighted by Crippen LogP contribution is 2.23. The maximum absolute atomic E-state index is 13.3. The summed E-state index contributed by atoms with van der Waals surface area (Å²) in [6.45, 7) is 4.49. The van der Waals surface area contributed by atoms with Crippen LogP contribution in [-0.4, -0.2) is 66.6 Å². The van der Waals surface area contributed by atoms with Gasteiger partial charge in [-0.3, -0.25) is 4.79 Å². The number of rotatable bonds is 5. The molecule has 174 valence electrons. The van der Waals surface area contributed by atoms with Crippen molar-refractivity contribution in [1.29, 1.82) is 0 Å². The van der Waals surface area contributed by atoms with Gasteiger partial charge in [-0.2, -0.15) is 9.40 Å².